The number of aliphatic imine (C=N–C) groups is 1. The summed E-state index contributed by atoms with van der Waals surface area (Å²) in [5.74, 6) is -0.729. The van der Waals surface area contributed by atoms with Gasteiger partial charge in [-0.15, -0.1) is 11.3 Å². The molecule has 210 valence electrons. The van der Waals surface area contributed by atoms with Crippen LogP contribution in [0.2, 0.25) is 0 Å². The number of carbonyl (C=O) groups excluding carboxylic acids is 2. The van der Waals surface area contributed by atoms with Gasteiger partial charge in [0.2, 0.25) is 0 Å². The molecule has 2 saturated heterocycles. The van der Waals surface area contributed by atoms with Crippen molar-refractivity contribution in [2.45, 2.75) is 32.9 Å². The minimum atomic E-state index is -0.993. The zero-order chi connectivity index (χ0) is 28.4. The number of piperazine rings is 1. The number of carboxylic acids is 1. The lowest BCUT2D eigenvalue weighted by molar-refractivity contribution is -0.139. The molecule has 11 nitrogen and oxygen atoms in total. The molecule has 3 aliphatic heterocycles. The van der Waals surface area contributed by atoms with Gasteiger partial charge < -0.3 is 20.1 Å². The van der Waals surface area contributed by atoms with Gasteiger partial charge in [0.25, 0.3) is 0 Å². The van der Waals surface area contributed by atoms with Crippen LogP contribution in [0.5, 0.6) is 0 Å². The first-order valence-electron chi connectivity index (χ1n) is 13.2. The molecular formula is C28H32N6O5S. The van der Waals surface area contributed by atoms with Crippen LogP contribution in [0.15, 0.2) is 58.2 Å². The van der Waals surface area contributed by atoms with E-state index in [1.54, 1.807) is 24.9 Å². The highest BCUT2D eigenvalue weighted by Gasteiger charge is 2.42. The van der Waals surface area contributed by atoms with Crippen molar-refractivity contribution in [1.82, 2.24) is 20.1 Å². The Hall–Kier alpha value is -4.03. The molecule has 12 heteroatoms. The zero-order valence-electron chi connectivity index (χ0n) is 22.7. The number of allylic oxidation sites excluding steroid dienone is 1. The fourth-order valence-corrected chi connectivity index (χ4v) is 5.94. The topological polar surface area (TPSA) is 128 Å². The molecule has 0 bridgehead atoms. The Morgan fingerprint density at radius 3 is 2.67 bits per heavy atom. The van der Waals surface area contributed by atoms with Crippen molar-refractivity contribution in [2.24, 2.45) is 4.99 Å². The maximum Gasteiger partial charge on any atom is 0.338 e. The number of amides is 2. The molecule has 2 atom stereocenters. The van der Waals surface area contributed by atoms with Crippen molar-refractivity contribution < 1.29 is 24.2 Å². The van der Waals surface area contributed by atoms with Crippen molar-refractivity contribution in [1.29, 1.82) is 0 Å². The number of ether oxygens (including phenoxy) is 1. The monoisotopic (exact) mass is 564 g/mol. The van der Waals surface area contributed by atoms with Gasteiger partial charge in [0.1, 0.15) is 0 Å². The van der Waals surface area contributed by atoms with Gasteiger partial charge in [-0.1, -0.05) is 12.1 Å². The Morgan fingerprint density at radius 1 is 1.23 bits per heavy atom. The Labute approximate surface area is 236 Å². The van der Waals surface area contributed by atoms with Crippen LogP contribution in [0.1, 0.15) is 31.3 Å². The number of amidine groups is 1. The summed E-state index contributed by atoms with van der Waals surface area (Å²) in [7, 11) is 0. The number of hydrogen-bond acceptors (Lipinski definition) is 9. The van der Waals surface area contributed by atoms with Gasteiger partial charge in [0, 0.05) is 61.8 Å². The molecule has 0 aliphatic carbocycles. The quantitative estimate of drug-likeness (QED) is 0.370. The molecule has 0 spiro atoms. The van der Waals surface area contributed by atoms with E-state index in [1.165, 1.54) is 17.4 Å². The van der Waals surface area contributed by atoms with Gasteiger partial charge >= 0.3 is 18.0 Å². The smallest absolute Gasteiger partial charge is 0.338 e. The second-order valence-corrected chi connectivity index (χ2v) is 10.8. The number of aliphatic carboxylic acids is 1. The number of fused-ring (bicyclic) bond motifs is 1. The molecule has 1 aromatic heterocycles. The lowest BCUT2D eigenvalue weighted by atomic mass is 10.0. The maximum absolute atomic E-state index is 13.3. The van der Waals surface area contributed by atoms with Crippen molar-refractivity contribution >= 4 is 46.4 Å². The molecular weight excluding hydrogens is 532 g/mol. The molecule has 5 rings (SSSR count). The lowest BCUT2D eigenvalue weighted by Gasteiger charge is -2.37. The average Bonchev–Trinajstić information content (AvgIpc) is 3.57. The predicted octanol–water partition coefficient (Wildman–Crippen LogP) is 2.81. The maximum atomic E-state index is 13.3. The molecule has 2 amide bonds. The summed E-state index contributed by atoms with van der Waals surface area (Å²) in [4.78, 5) is 52.1. The van der Waals surface area contributed by atoms with E-state index in [0.717, 1.165) is 22.0 Å². The predicted molar refractivity (Wildman–Crippen MR) is 152 cm³/mol. The first-order valence-corrected chi connectivity index (χ1v) is 14.1. The fourth-order valence-electron chi connectivity index (χ4n) is 5.36. The first kappa shape index (κ1) is 27.5. The summed E-state index contributed by atoms with van der Waals surface area (Å²) >= 11 is 1.48. The van der Waals surface area contributed by atoms with E-state index >= 15 is 0 Å². The third-order valence-electron chi connectivity index (χ3n) is 7.26. The number of carbonyl (C=O) groups is 3. The van der Waals surface area contributed by atoms with Gasteiger partial charge in [-0.2, -0.15) is 0 Å². The van der Waals surface area contributed by atoms with Gasteiger partial charge in [-0.25, -0.2) is 19.4 Å². The molecule has 40 heavy (non-hydrogen) atoms. The molecule has 0 saturated carbocycles. The Kier molecular flexibility index (Phi) is 7.99. The summed E-state index contributed by atoms with van der Waals surface area (Å²) in [5.41, 5.74) is 3.48. The third kappa shape index (κ3) is 5.63. The lowest BCUT2D eigenvalue weighted by Crippen LogP contribution is -2.53. The van der Waals surface area contributed by atoms with Crippen molar-refractivity contribution in [3.63, 3.8) is 0 Å². The van der Waals surface area contributed by atoms with Crippen LogP contribution < -0.4 is 10.2 Å². The molecule has 0 unspecified atom stereocenters. The van der Waals surface area contributed by atoms with Crippen molar-refractivity contribution in [3.05, 3.63) is 63.8 Å². The second kappa shape index (κ2) is 11.6. The molecule has 3 aliphatic rings. The minimum absolute atomic E-state index is 0.00525. The van der Waals surface area contributed by atoms with Crippen LogP contribution in [-0.4, -0.2) is 95.1 Å². The second-order valence-electron chi connectivity index (χ2n) is 9.92. The number of esters is 1. The van der Waals surface area contributed by atoms with Gasteiger partial charge in [-0.3, -0.25) is 14.8 Å². The van der Waals surface area contributed by atoms with Crippen LogP contribution in [0, 0.1) is 0 Å². The number of nitrogens with zero attached hydrogens (tertiary/aromatic N) is 5. The number of carboxylic acid groups (broad SMARTS) is 1. The number of hydrogen-bond donors (Lipinski definition) is 2. The molecule has 0 radical (unpaired) electrons. The van der Waals surface area contributed by atoms with Crippen LogP contribution in [0.3, 0.4) is 0 Å². The van der Waals surface area contributed by atoms with Gasteiger partial charge in [-0.05, 0) is 44.0 Å². The van der Waals surface area contributed by atoms with E-state index in [2.05, 4.69) is 20.2 Å². The van der Waals surface area contributed by atoms with E-state index in [4.69, 9.17) is 9.84 Å². The van der Waals surface area contributed by atoms with E-state index in [0.29, 0.717) is 49.7 Å². The highest BCUT2D eigenvalue weighted by molar-refractivity contribution is 7.11. The summed E-state index contributed by atoms with van der Waals surface area (Å²) in [6.45, 7) is 8.61. The molecule has 4 heterocycles. The number of rotatable bonds is 8. The summed E-state index contributed by atoms with van der Waals surface area (Å²) in [6.07, 6.45) is 2.89. The van der Waals surface area contributed by atoms with E-state index < -0.39 is 5.97 Å². The van der Waals surface area contributed by atoms with Gasteiger partial charge in [0.15, 0.2) is 10.8 Å². The van der Waals surface area contributed by atoms with Crippen LogP contribution >= 0.6 is 11.3 Å². The zero-order valence-corrected chi connectivity index (χ0v) is 23.5. The number of aromatic nitrogens is 1. The van der Waals surface area contributed by atoms with E-state index in [-0.39, 0.29) is 30.7 Å². The summed E-state index contributed by atoms with van der Waals surface area (Å²) in [5, 5.41) is 15.0. The first-order chi connectivity index (χ1) is 19.2. The highest BCUT2D eigenvalue weighted by Crippen LogP contribution is 2.29. The van der Waals surface area contributed by atoms with Crippen LogP contribution in [0.25, 0.3) is 5.57 Å². The normalized spacial score (nSPS) is 21.7. The average molecular weight is 565 g/mol. The van der Waals surface area contributed by atoms with E-state index in [9.17, 15) is 14.4 Å². The number of anilines is 1. The fraction of sp³-hybridized carbons (Fsp3) is 0.393. The van der Waals surface area contributed by atoms with Crippen LogP contribution in [-0.2, 0) is 14.3 Å². The summed E-state index contributed by atoms with van der Waals surface area (Å²) in [6, 6.07) is 6.95. The number of thiazole rings is 1. The Bertz CT molecular complexity index is 1380. The standard InChI is InChI=1S/C28H32N6O5S/c1-4-39-27(37)24-18(3)30-25(26-29-9-12-40-26)31-22(24)16-32-10-11-33-21(14-32)15-34(28(33)38)20-7-5-19(6-8-20)17(2)13-23(35)36/h5-9,12-13,18,21H,4,10-11,14-16H2,1-3H3,(H,30,31)(H,35,36)/b17-13+/t18-,21-/m0/s1. The molecule has 2 aromatic rings. The number of nitrogens with one attached hydrogen (secondary N) is 1. The van der Waals surface area contributed by atoms with Crippen molar-refractivity contribution in [3.8, 4) is 0 Å². The minimum Gasteiger partial charge on any atom is -0.478 e. The van der Waals surface area contributed by atoms with E-state index in [1.807, 2.05) is 41.5 Å². The number of benzene rings is 1. The van der Waals surface area contributed by atoms with Crippen molar-refractivity contribution in [2.75, 3.05) is 44.2 Å². The largest absolute Gasteiger partial charge is 0.478 e. The third-order valence-corrected chi connectivity index (χ3v) is 8.04. The molecule has 2 fully saturated rings. The summed E-state index contributed by atoms with van der Waals surface area (Å²) < 4.78 is 5.36. The van der Waals surface area contributed by atoms with Gasteiger partial charge in [0.05, 0.1) is 24.3 Å². The Balaban J connectivity index is 1.30. The number of urea groups is 1. The SMILES string of the molecule is CCOC(=O)C1=C(CN2CCN3C(=O)N(c4ccc(/C(C)=C/C(=O)O)cc4)C[C@@H]3C2)NC(c2nccs2)=N[C@H]1C. The molecule has 2 N–H and O–H groups in total. The molecule has 1 aromatic carbocycles. The Morgan fingerprint density at radius 2 is 2.00 bits per heavy atom. The van der Waals surface area contributed by atoms with Crippen LogP contribution in [0.4, 0.5) is 10.5 Å². The highest BCUT2D eigenvalue weighted by atomic mass is 32.1.